The van der Waals surface area contributed by atoms with E-state index >= 15 is 0 Å². The predicted molar refractivity (Wildman–Crippen MR) is 189 cm³/mol. The molecular weight excluding hydrogens is 560 g/mol. The molecule has 0 aliphatic heterocycles. The molecule has 46 heavy (non-hydrogen) atoms. The second-order valence-electron chi connectivity index (χ2n) is 11.5. The van der Waals surface area contributed by atoms with Gasteiger partial charge in [0, 0.05) is 44.3 Å². The smallest absolute Gasteiger partial charge is 0.0972 e. The van der Waals surface area contributed by atoms with Crippen LogP contribution >= 0.6 is 0 Å². The monoisotopic (exact) mass is 586 g/mol. The molecule has 214 valence electrons. The molecule has 0 aliphatic rings. The normalized spacial score (nSPS) is 11.5. The SMILES string of the molecule is c1ccc(-c2ccc3ccc4ccc(-c5ccc6c(c5)nc(-c5ccccn5)c5cccc(-c7ccccc7)c56)nc4c3n2)cc1. The van der Waals surface area contributed by atoms with Crippen molar-refractivity contribution in [2.45, 2.75) is 0 Å². The first kappa shape index (κ1) is 26.2. The van der Waals surface area contributed by atoms with Crippen LogP contribution in [-0.2, 0) is 0 Å². The summed E-state index contributed by atoms with van der Waals surface area (Å²) < 4.78 is 0. The summed E-state index contributed by atoms with van der Waals surface area (Å²) in [7, 11) is 0. The largest absolute Gasteiger partial charge is 0.255 e. The van der Waals surface area contributed by atoms with Gasteiger partial charge in [-0.3, -0.25) is 4.98 Å². The number of fused-ring (bicyclic) bond motifs is 6. The van der Waals surface area contributed by atoms with Crippen LogP contribution in [0.5, 0.6) is 0 Å². The topological polar surface area (TPSA) is 51.6 Å². The minimum Gasteiger partial charge on any atom is -0.255 e. The van der Waals surface area contributed by atoms with Gasteiger partial charge in [-0.05, 0) is 41.5 Å². The number of pyridine rings is 4. The Kier molecular flexibility index (Phi) is 6.10. The lowest BCUT2D eigenvalue weighted by Crippen LogP contribution is -1.94. The quantitative estimate of drug-likeness (QED) is 0.193. The van der Waals surface area contributed by atoms with Gasteiger partial charge < -0.3 is 0 Å². The Morgan fingerprint density at radius 1 is 0.391 bits per heavy atom. The lowest BCUT2D eigenvalue weighted by molar-refractivity contribution is 1.29. The zero-order chi connectivity index (χ0) is 30.5. The van der Waals surface area contributed by atoms with Gasteiger partial charge in [0.15, 0.2) is 0 Å². The van der Waals surface area contributed by atoms with E-state index in [4.69, 9.17) is 19.9 Å². The van der Waals surface area contributed by atoms with E-state index in [1.54, 1.807) is 0 Å². The van der Waals surface area contributed by atoms with Gasteiger partial charge in [-0.2, -0.15) is 0 Å². The highest BCUT2D eigenvalue weighted by atomic mass is 14.8. The van der Waals surface area contributed by atoms with Crippen LogP contribution in [0.3, 0.4) is 0 Å². The highest BCUT2D eigenvalue weighted by molar-refractivity contribution is 6.17. The van der Waals surface area contributed by atoms with Crippen molar-refractivity contribution in [2.75, 3.05) is 0 Å². The Morgan fingerprint density at radius 2 is 1.04 bits per heavy atom. The van der Waals surface area contributed by atoms with Crippen molar-refractivity contribution in [1.82, 2.24) is 19.9 Å². The van der Waals surface area contributed by atoms with Crippen LogP contribution in [-0.4, -0.2) is 19.9 Å². The van der Waals surface area contributed by atoms with Crippen LogP contribution in [0.15, 0.2) is 158 Å². The molecule has 0 amide bonds. The third-order valence-electron chi connectivity index (χ3n) is 8.70. The zero-order valence-corrected chi connectivity index (χ0v) is 24.8. The van der Waals surface area contributed by atoms with E-state index in [1.165, 1.54) is 16.5 Å². The Labute approximate surface area is 265 Å². The van der Waals surface area contributed by atoms with Crippen molar-refractivity contribution in [3.63, 3.8) is 0 Å². The number of benzene rings is 5. The molecule has 0 aliphatic carbocycles. The first-order valence-corrected chi connectivity index (χ1v) is 15.4. The Bertz CT molecular complexity index is 2560. The number of rotatable bonds is 4. The lowest BCUT2D eigenvalue weighted by Gasteiger charge is -2.15. The molecule has 9 rings (SSSR count). The van der Waals surface area contributed by atoms with Gasteiger partial charge in [0.05, 0.1) is 39.3 Å². The van der Waals surface area contributed by atoms with Gasteiger partial charge in [-0.15, -0.1) is 0 Å². The average Bonchev–Trinajstić information content (AvgIpc) is 3.14. The van der Waals surface area contributed by atoms with Gasteiger partial charge in [0.1, 0.15) is 0 Å². The molecule has 9 aromatic rings. The summed E-state index contributed by atoms with van der Waals surface area (Å²) in [5.41, 5.74) is 10.7. The van der Waals surface area contributed by atoms with Crippen LogP contribution in [0.25, 0.3) is 88.5 Å². The van der Waals surface area contributed by atoms with Crippen LogP contribution in [0, 0.1) is 0 Å². The van der Waals surface area contributed by atoms with Crippen LogP contribution in [0.1, 0.15) is 0 Å². The number of nitrogens with zero attached hydrogens (tertiary/aromatic N) is 4. The standard InChI is InChI=1S/C42H26N4/c1-3-10-27(11-4-1)32-14-9-15-34-39(32)33-22-19-31(26-38(33)46-42(34)37-16-7-8-25-43-37)36-24-21-30-18-17-29-20-23-35(28-12-5-2-6-13-28)44-40(29)41(30)45-36/h1-26H. The van der Waals surface area contributed by atoms with E-state index in [1.807, 2.05) is 42.6 Å². The molecule has 0 spiro atoms. The fourth-order valence-electron chi connectivity index (χ4n) is 6.47. The molecule has 0 radical (unpaired) electrons. The van der Waals surface area contributed by atoms with Gasteiger partial charge in [-0.25, -0.2) is 15.0 Å². The van der Waals surface area contributed by atoms with E-state index in [-0.39, 0.29) is 0 Å². The third-order valence-corrected chi connectivity index (χ3v) is 8.70. The fourth-order valence-corrected chi connectivity index (χ4v) is 6.47. The highest BCUT2D eigenvalue weighted by Crippen LogP contribution is 2.39. The molecule has 5 aromatic carbocycles. The Balaban J connectivity index is 1.27. The predicted octanol–water partition coefficient (Wildman–Crippen LogP) is 10.5. The summed E-state index contributed by atoms with van der Waals surface area (Å²) in [6.45, 7) is 0. The number of aromatic nitrogens is 4. The minimum absolute atomic E-state index is 0.848. The number of hydrogen-bond donors (Lipinski definition) is 0. The maximum absolute atomic E-state index is 5.25. The molecule has 0 bridgehead atoms. The lowest BCUT2D eigenvalue weighted by atomic mass is 9.93. The zero-order valence-electron chi connectivity index (χ0n) is 24.8. The molecule has 4 heteroatoms. The van der Waals surface area contributed by atoms with Crippen molar-refractivity contribution < 1.29 is 0 Å². The first-order chi connectivity index (χ1) is 22.8. The van der Waals surface area contributed by atoms with Crippen molar-refractivity contribution in [3.8, 4) is 45.0 Å². The van der Waals surface area contributed by atoms with E-state index in [9.17, 15) is 0 Å². The van der Waals surface area contributed by atoms with E-state index < -0.39 is 0 Å². The molecule has 0 N–H and O–H groups in total. The molecule has 4 aromatic heterocycles. The third kappa shape index (κ3) is 4.39. The summed E-state index contributed by atoms with van der Waals surface area (Å²) in [6, 6.07) is 52.5. The Hall–Kier alpha value is -6.26. The van der Waals surface area contributed by atoms with Crippen molar-refractivity contribution in [2.24, 2.45) is 0 Å². The average molecular weight is 587 g/mol. The van der Waals surface area contributed by atoms with Crippen LogP contribution < -0.4 is 0 Å². The Morgan fingerprint density at radius 3 is 1.74 bits per heavy atom. The minimum atomic E-state index is 0.848. The molecule has 0 fully saturated rings. The van der Waals surface area contributed by atoms with Gasteiger partial charge in [-0.1, -0.05) is 121 Å². The molecule has 0 saturated carbocycles. The van der Waals surface area contributed by atoms with Crippen LogP contribution in [0.4, 0.5) is 0 Å². The maximum atomic E-state index is 5.25. The molecule has 0 saturated heterocycles. The molecular formula is C42H26N4. The fraction of sp³-hybridized carbons (Fsp3) is 0. The summed E-state index contributed by atoms with van der Waals surface area (Å²) >= 11 is 0. The second-order valence-corrected chi connectivity index (χ2v) is 11.5. The molecule has 0 unspecified atom stereocenters. The molecule has 0 atom stereocenters. The van der Waals surface area contributed by atoms with E-state index in [2.05, 4.69) is 115 Å². The summed E-state index contributed by atoms with van der Waals surface area (Å²) in [4.78, 5) is 20.3. The maximum Gasteiger partial charge on any atom is 0.0972 e. The summed E-state index contributed by atoms with van der Waals surface area (Å²) in [5, 5.41) is 5.47. The highest BCUT2D eigenvalue weighted by Gasteiger charge is 2.16. The first-order valence-electron chi connectivity index (χ1n) is 15.4. The van der Waals surface area contributed by atoms with Crippen molar-refractivity contribution in [3.05, 3.63) is 158 Å². The summed E-state index contributed by atoms with van der Waals surface area (Å²) in [6.07, 6.45) is 1.82. The van der Waals surface area contributed by atoms with Gasteiger partial charge in [0.25, 0.3) is 0 Å². The molecule has 4 heterocycles. The van der Waals surface area contributed by atoms with Gasteiger partial charge in [0.2, 0.25) is 0 Å². The summed E-state index contributed by atoms with van der Waals surface area (Å²) in [5.74, 6) is 0. The van der Waals surface area contributed by atoms with E-state index in [0.717, 1.165) is 72.0 Å². The van der Waals surface area contributed by atoms with E-state index in [0.29, 0.717) is 0 Å². The van der Waals surface area contributed by atoms with Crippen LogP contribution in [0.2, 0.25) is 0 Å². The van der Waals surface area contributed by atoms with Crippen molar-refractivity contribution in [1.29, 1.82) is 0 Å². The second kappa shape index (κ2) is 10.7. The van der Waals surface area contributed by atoms with Gasteiger partial charge >= 0.3 is 0 Å². The number of hydrogen-bond acceptors (Lipinski definition) is 4. The van der Waals surface area contributed by atoms with Crippen molar-refractivity contribution >= 4 is 43.5 Å². The molecule has 4 nitrogen and oxygen atoms in total.